The second-order valence-corrected chi connectivity index (χ2v) is 4.47. The molecule has 4 heteroatoms. The molecule has 0 aliphatic heterocycles. The maximum absolute atomic E-state index is 8.59. The normalized spacial score (nSPS) is 16.1. The van der Waals surface area contributed by atoms with Crippen LogP contribution < -0.4 is 5.73 Å². The number of nitrogens with two attached hydrogens (primary N) is 1. The van der Waals surface area contributed by atoms with E-state index in [1.807, 2.05) is 24.3 Å². The molecule has 1 aliphatic carbocycles. The van der Waals surface area contributed by atoms with E-state index in [0.29, 0.717) is 6.61 Å². The smallest absolute Gasteiger partial charge is 0.170 e. The van der Waals surface area contributed by atoms with E-state index in [-0.39, 0.29) is 5.84 Å². The zero-order valence-corrected chi connectivity index (χ0v) is 9.80. The quantitative estimate of drug-likeness (QED) is 0.260. The molecule has 17 heavy (non-hydrogen) atoms. The molecule has 1 aromatic rings. The zero-order valence-electron chi connectivity index (χ0n) is 9.80. The van der Waals surface area contributed by atoms with Gasteiger partial charge in [-0.3, -0.25) is 0 Å². The van der Waals surface area contributed by atoms with E-state index in [1.165, 1.54) is 19.3 Å². The van der Waals surface area contributed by atoms with Gasteiger partial charge in [-0.15, -0.1) is 0 Å². The van der Waals surface area contributed by atoms with Crippen LogP contribution in [0.1, 0.15) is 30.4 Å². The van der Waals surface area contributed by atoms with Crippen LogP contribution in [-0.2, 0) is 11.3 Å². The van der Waals surface area contributed by atoms with E-state index in [0.717, 1.165) is 23.7 Å². The van der Waals surface area contributed by atoms with Gasteiger partial charge in [-0.2, -0.15) is 0 Å². The van der Waals surface area contributed by atoms with Gasteiger partial charge >= 0.3 is 0 Å². The first-order chi connectivity index (χ1) is 8.29. The van der Waals surface area contributed by atoms with Crippen molar-refractivity contribution in [2.24, 2.45) is 16.8 Å². The molecule has 0 bridgehead atoms. The van der Waals surface area contributed by atoms with Crippen LogP contribution in [0.25, 0.3) is 0 Å². The first kappa shape index (κ1) is 11.9. The summed E-state index contributed by atoms with van der Waals surface area (Å²) in [5.74, 6) is 1.03. The van der Waals surface area contributed by atoms with Gasteiger partial charge in [-0.25, -0.2) is 0 Å². The number of benzene rings is 1. The summed E-state index contributed by atoms with van der Waals surface area (Å²) >= 11 is 0. The van der Waals surface area contributed by atoms with Gasteiger partial charge in [0.25, 0.3) is 0 Å². The minimum atomic E-state index is 0.129. The molecule has 0 aromatic heterocycles. The number of nitrogens with zero attached hydrogens (tertiary/aromatic N) is 1. The molecular weight excluding hydrogens is 216 g/mol. The summed E-state index contributed by atoms with van der Waals surface area (Å²) in [6.45, 7) is 1.40. The Bertz CT molecular complexity index is 400. The van der Waals surface area contributed by atoms with Crippen molar-refractivity contribution in [1.82, 2.24) is 0 Å². The van der Waals surface area contributed by atoms with Crippen molar-refractivity contribution in [2.75, 3.05) is 6.61 Å². The third kappa shape index (κ3) is 3.75. The Kier molecular flexibility index (Phi) is 3.98. The van der Waals surface area contributed by atoms with Gasteiger partial charge in [-0.05, 0) is 24.0 Å². The van der Waals surface area contributed by atoms with Gasteiger partial charge in [0.2, 0.25) is 0 Å². The molecule has 1 saturated carbocycles. The Labute approximate surface area is 101 Å². The lowest BCUT2D eigenvalue weighted by atomic mass is 10.1. The Balaban J connectivity index is 1.82. The predicted octanol–water partition coefficient (Wildman–Crippen LogP) is 2.10. The van der Waals surface area contributed by atoms with Gasteiger partial charge in [0.15, 0.2) is 5.84 Å². The monoisotopic (exact) mass is 234 g/mol. The Morgan fingerprint density at radius 2 is 2.29 bits per heavy atom. The topological polar surface area (TPSA) is 67.8 Å². The number of ether oxygens (including phenoxy) is 1. The lowest BCUT2D eigenvalue weighted by Gasteiger charge is -2.05. The summed E-state index contributed by atoms with van der Waals surface area (Å²) in [5.41, 5.74) is 7.29. The molecule has 0 saturated heterocycles. The molecule has 0 atom stereocenters. The maximum atomic E-state index is 8.59. The Hall–Kier alpha value is -1.55. The molecule has 1 aromatic carbocycles. The molecule has 1 aliphatic rings. The van der Waals surface area contributed by atoms with Crippen LogP contribution >= 0.6 is 0 Å². The van der Waals surface area contributed by atoms with E-state index in [4.69, 9.17) is 15.7 Å². The molecule has 0 spiro atoms. The third-order valence-corrected chi connectivity index (χ3v) is 2.97. The highest BCUT2D eigenvalue weighted by atomic mass is 16.5. The van der Waals surface area contributed by atoms with E-state index < -0.39 is 0 Å². The molecule has 0 heterocycles. The van der Waals surface area contributed by atoms with Crippen LogP contribution in [0.15, 0.2) is 29.4 Å². The number of rotatable bonds is 6. The molecular formula is C13H18N2O2. The van der Waals surface area contributed by atoms with E-state index in [2.05, 4.69) is 5.16 Å². The SMILES string of the molecule is N/C(=N/O)c1cccc(COCCC2CC2)c1. The van der Waals surface area contributed by atoms with Crippen molar-refractivity contribution in [1.29, 1.82) is 0 Å². The van der Waals surface area contributed by atoms with Gasteiger partial charge in [0, 0.05) is 12.2 Å². The molecule has 2 rings (SSSR count). The highest BCUT2D eigenvalue weighted by Crippen LogP contribution is 2.32. The first-order valence-corrected chi connectivity index (χ1v) is 5.94. The number of amidine groups is 1. The number of hydrogen-bond acceptors (Lipinski definition) is 3. The third-order valence-electron chi connectivity index (χ3n) is 2.97. The summed E-state index contributed by atoms with van der Waals surface area (Å²) in [7, 11) is 0. The van der Waals surface area contributed by atoms with Crippen LogP contribution in [0, 0.1) is 5.92 Å². The molecule has 3 N–H and O–H groups in total. The van der Waals surface area contributed by atoms with Crippen molar-refractivity contribution >= 4 is 5.84 Å². The molecule has 4 nitrogen and oxygen atoms in total. The zero-order chi connectivity index (χ0) is 12.1. The fraction of sp³-hybridized carbons (Fsp3) is 0.462. The van der Waals surface area contributed by atoms with E-state index in [9.17, 15) is 0 Å². The first-order valence-electron chi connectivity index (χ1n) is 5.94. The minimum absolute atomic E-state index is 0.129. The Morgan fingerprint density at radius 1 is 1.47 bits per heavy atom. The highest BCUT2D eigenvalue weighted by Gasteiger charge is 2.20. The van der Waals surface area contributed by atoms with Gasteiger partial charge in [0.1, 0.15) is 0 Å². The van der Waals surface area contributed by atoms with Crippen LogP contribution in [0.4, 0.5) is 0 Å². The summed E-state index contributed by atoms with van der Waals surface area (Å²) < 4.78 is 5.60. The average molecular weight is 234 g/mol. The van der Waals surface area contributed by atoms with Crippen molar-refractivity contribution < 1.29 is 9.94 Å². The van der Waals surface area contributed by atoms with E-state index >= 15 is 0 Å². The average Bonchev–Trinajstić information content (AvgIpc) is 3.18. The van der Waals surface area contributed by atoms with Crippen LogP contribution in [0.2, 0.25) is 0 Å². The molecule has 1 fully saturated rings. The number of hydrogen-bond donors (Lipinski definition) is 2. The maximum Gasteiger partial charge on any atom is 0.170 e. The highest BCUT2D eigenvalue weighted by molar-refractivity contribution is 5.97. The van der Waals surface area contributed by atoms with Gasteiger partial charge < -0.3 is 15.7 Å². The lowest BCUT2D eigenvalue weighted by Crippen LogP contribution is -2.13. The standard InChI is InChI=1S/C13H18N2O2/c14-13(15-16)12-3-1-2-11(8-12)9-17-7-6-10-4-5-10/h1-3,8,10,16H,4-7,9H2,(H2,14,15). The largest absolute Gasteiger partial charge is 0.409 e. The molecule has 0 radical (unpaired) electrons. The van der Waals surface area contributed by atoms with Crippen LogP contribution in [0.3, 0.4) is 0 Å². The molecule has 0 amide bonds. The molecule has 92 valence electrons. The van der Waals surface area contributed by atoms with Crippen LogP contribution in [0.5, 0.6) is 0 Å². The fourth-order valence-corrected chi connectivity index (χ4v) is 1.72. The summed E-state index contributed by atoms with van der Waals surface area (Å²) in [5, 5.41) is 11.6. The summed E-state index contributed by atoms with van der Waals surface area (Å²) in [6, 6.07) is 7.55. The van der Waals surface area contributed by atoms with Gasteiger partial charge in [0.05, 0.1) is 6.61 Å². The number of oxime groups is 1. The van der Waals surface area contributed by atoms with E-state index in [1.54, 1.807) is 0 Å². The van der Waals surface area contributed by atoms with Crippen molar-refractivity contribution in [3.63, 3.8) is 0 Å². The predicted molar refractivity (Wildman–Crippen MR) is 65.9 cm³/mol. The van der Waals surface area contributed by atoms with Gasteiger partial charge in [-0.1, -0.05) is 36.2 Å². The van der Waals surface area contributed by atoms with Crippen LogP contribution in [-0.4, -0.2) is 17.6 Å². The summed E-state index contributed by atoms with van der Waals surface area (Å²) in [6.07, 6.45) is 3.89. The minimum Gasteiger partial charge on any atom is -0.409 e. The summed E-state index contributed by atoms with van der Waals surface area (Å²) in [4.78, 5) is 0. The second-order valence-electron chi connectivity index (χ2n) is 4.47. The van der Waals surface area contributed by atoms with Crippen molar-refractivity contribution in [3.8, 4) is 0 Å². The second kappa shape index (κ2) is 5.68. The lowest BCUT2D eigenvalue weighted by molar-refractivity contribution is 0.115. The van der Waals surface area contributed by atoms with Crippen molar-refractivity contribution in [3.05, 3.63) is 35.4 Å². The Morgan fingerprint density at radius 3 is 3.00 bits per heavy atom. The fourth-order valence-electron chi connectivity index (χ4n) is 1.72. The van der Waals surface area contributed by atoms with Crippen molar-refractivity contribution in [2.45, 2.75) is 25.9 Å². The molecule has 0 unspecified atom stereocenters.